The van der Waals surface area contributed by atoms with E-state index >= 15 is 0 Å². The summed E-state index contributed by atoms with van der Waals surface area (Å²) in [6.45, 7) is 0. The second-order valence-corrected chi connectivity index (χ2v) is 5.30. The first-order valence-corrected chi connectivity index (χ1v) is 7.18. The maximum atomic E-state index is 13.1. The summed E-state index contributed by atoms with van der Waals surface area (Å²) >= 11 is 1.32. The lowest BCUT2D eigenvalue weighted by atomic mass is 10.1. The molecule has 0 aliphatic carbocycles. The van der Waals surface area contributed by atoms with Gasteiger partial charge in [0.05, 0.1) is 12.8 Å². The monoisotopic (exact) mass is 301 g/mol. The number of carbonyl (C=O) groups excluding carboxylic acids is 1. The van der Waals surface area contributed by atoms with Gasteiger partial charge in [-0.25, -0.2) is 9.18 Å². The zero-order chi connectivity index (χ0) is 14.8. The summed E-state index contributed by atoms with van der Waals surface area (Å²) in [5, 5.41) is 1.88. The van der Waals surface area contributed by atoms with E-state index in [1.807, 2.05) is 34.5 Å². The number of halogens is 1. The van der Waals surface area contributed by atoms with E-state index in [4.69, 9.17) is 4.74 Å². The van der Waals surface area contributed by atoms with Crippen LogP contribution in [0.4, 0.5) is 4.39 Å². The zero-order valence-electron chi connectivity index (χ0n) is 11.2. The summed E-state index contributed by atoms with van der Waals surface area (Å²) in [5.74, 6) is -0.665. The minimum atomic E-state index is -0.378. The van der Waals surface area contributed by atoms with E-state index in [0.29, 0.717) is 4.88 Å². The normalized spacial score (nSPS) is 10.6. The minimum absolute atomic E-state index is 0.287. The summed E-state index contributed by atoms with van der Waals surface area (Å²) in [7, 11) is 1.36. The Labute approximate surface area is 125 Å². The predicted octanol–water partition coefficient (Wildman–Crippen LogP) is 4.13. The molecule has 3 rings (SSSR count). The zero-order valence-corrected chi connectivity index (χ0v) is 12.1. The van der Waals surface area contributed by atoms with Gasteiger partial charge in [0.15, 0.2) is 0 Å². The first-order chi connectivity index (χ1) is 10.2. The Balaban J connectivity index is 2.19. The van der Waals surface area contributed by atoms with Gasteiger partial charge in [-0.05, 0) is 29.8 Å². The number of hydrogen-bond donors (Lipinski definition) is 0. The SMILES string of the molecule is COC(=O)c1scc(-c2ccc(F)cc2)c1-n1cccc1. The lowest BCUT2D eigenvalue weighted by Gasteiger charge is -2.08. The third-order valence-electron chi connectivity index (χ3n) is 3.15. The van der Waals surface area contributed by atoms with E-state index in [0.717, 1.165) is 16.8 Å². The molecule has 5 heteroatoms. The molecule has 2 aromatic heterocycles. The highest BCUT2D eigenvalue weighted by atomic mass is 32.1. The third kappa shape index (κ3) is 2.48. The Morgan fingerprint density at radius 3 is 2.48 bits per heavy atom. The van der Waals surface area contributed by atoms with Crippen molar-refractivity contribution in [2.45, 2.75) is 0 Å². The largest absolute Gasteiger partial charge is 0.465 e. The predicted molar refractivity (Wildman–Crippen MR) is 80.4 cm³/mol. The number of esters is 1. The molecule has 0 aliphatic rings. The molecule has 0 atom stereocenters. The van der Waals surface area contributed by atoms with Crippen molar-refractivity contribution in [3.63, 3.8) is 0 Å². The maximum Gasteiger partial charge on any atom is 0.350 e. The van der Waals surface area contributed by atoms with Crippen LogP contribution in [0.1, 0.15) is 9.67 Å². The van der Waals surface area contributed by atoms with Crippen LogP contribution in [0.2, 0.25) is 0 Å². The van der Waals surface area contributed by atoms with E-state index in [2.05, 4.69) is 0 Å². The van der Waals surface area contributed by atoms with Gasteiger partial charge in [-0.3, -0.25) is 0 Å². The molecule has 0 unspecified atom stereocenters. The molecule has 0 saturated heterocycles. The lowest BCUT2D eigenvalue weighted by Crippen LogP contribution is -2.04. The third-order valence-corrected chi connectivity index (χ3v) is 4.10. The topological polar surface area (TPSA) is 31.2 Å². The van der Waals surface area contributed by atoms with Gasteiger partial charge in [-0.1, -0.05) is 12.1 Å². The Morgan fingerprint density at radius 2 is 1.86 bits per heavy atom. The molecule has 0 aliphatic heterocycles. The van der Waals surface area contributed by atoms with Gasteiger partial charge in [0.1, 0.15) is 10.7 Å². The van der Waals surface area contributed by atoms with Crippen LogP contribution in [0.15, 0.2) is 54.2 Å². The van der Waals surface area contributed by atoms with Crippen molar-refractivity contribution in [1.29, 1.82) is 0 Å². The fourth-order valence-electron chi connectivity index (χ4n) is 2.16. The Bertz CT molecular complexity index is 760. The van der Waals surface area contributed by atoms with Gasteiger partial charge in [0.2, 0.25) is 0 Å². The van der Waals surface area contributed by atoms with Crippen LogP contribution >= 0.6 is 11.3 Å². The molecule has 106 valence electrons. The molecule has 0 spiro atoms. The summed E-state index contributed by atoms with van der Waals surface area (Å²) in [5.41, 5.74) is 2.48. The molecule has 0 saturated carbocycles. The fourth-order valence-corrected chi connectivity index (χ4v) is 3.15. The standard InChI is InChI=1S/C16H12FNO2S/c1-20-16(19)15-14(18-8-2-3-9-18)13(10-21-15)11-4-6-12(17)7-5-11/h2-10H,1H3. The number of ether oxygens (including phenoxy) is 1. The molecule has 2 heterocycles. The van der Waals surface area contributed by atoms with Crippen LogP contribution in [0.5, 0.6) is 0 Å². The lowest BCUT2D eigenvalue weighted by molar-refractivity contribution is 0.0606. The van der Waals surface area contributed by atoms with E-state index < -0.39 is 0 Å². The van der Waals surface area contributed by atoms with E-state index in [9.17, 15) is 9.18 Å². The number of carbonyl (C=O) groups is 1. The van der Waals surface area contributed by atoms with E-state index in [1.54, 1.807) is 12.1 Å². The van der Waals surface area contributed by atoms with Crippen molar-refractivity contribution < 1.29 is 13.9 Å². The van der Waals surface area contributed by atoms with Crippen LogP contribution in [0.25, 0.3) is 16.8 Å². The van der Waals surface area contributed by atoms with Crippen molar-refractivity contribution in [2.75, 3.05) is 7.11 Å². The first-order valence-electron chi connectivity index (χ1n) is 6.30. The molecule has 3 nitrogen and oxygen atoms in total. The van der Waals surface area contributed by atoms with Crippen LogP contribution in [0, 0.1) is 5.82 Å². The summed E-state index contributed by atoms with van der Waals surface area (Å²) in [6.07, 6.45) is 3.73. The van der Waals surface area contributed by atoms with Gasteiger partial charge in [0, 0.05) is 23.3 Å². The van der Waals surface area contributed by atoms with E-state index in [1.165, 1.54) is 30.6 Å². The molecular formula is C16H12FNO2S. The number of hydrogen-bond acceptors (Lipinski definition) is 3. The van der Waals surface area contributed by atoms with Crippen molar-refractivity contribution >= 4 is 17.3 Å². The molecular weight excluding hydrogens is 289 g/mol. The summed E-state index contributed by atoms with van der Waals surface area (Å²) in [4.78, 5) is 12.5. The molecule has 0 N–H and O–H groups in total. The highest BCUT2D eigenvalue weighted by Crippen LogP contribution is 2.35. The Morgan fingerprint density at radius 1 is 1.19 bits per heavy atom. The molecule has 21 heavy (non-hydrogen) atoms. The smallest absolute Gasteiger partial charge is 0.350 e. The number of benzene rings is 1. The quantitative estimate of drug-likeness (QED) is 0.681. The fraction of sp³-hybridized carbons (Fsp3) is 0.0625. The van der Waals surface area contributed by atoms with Crippen LogP contribution < -0.4 is 0 Å². The molecule has 1 aromatic carbocycles. The second kappa shape index (κ2) is 5.54. The molecule has 0 radical (unpaired) electrons. The first kappa shape index (κ1) is 13.6. The van der Waals surface area contributed by atoms with Crippen LogP contribution in [0.3, 0.4) is 0 Å². The van der Waals surface area contributed by atoms with Crippen molar-refractivity contribution in [3.8, 4) is 16.8 Å². The van der Waals surface area contributed by atoms with Gasteiger partial charge < -0.3 is 9.30 Å². The second-order valence-electron chi connectivity index (χ2n) is 4.42. The Kier molecular flexibility index (Phi) is 3.58. The van der Waals surface area contributed by atoms with Crippen molar-refractivity contribution in [2.24, 2.45) is 0 Å². The number of thiophene rings is 1. The number of methoxy groups -OCH3 is 1. The molecule has 0 amide bonds. The van der Waals surface area contributed by atoms with Crippen LogP contribution in [-0.2, 0) is 4.74 Å². The summed E-state index contributed by atoms with van der Waals surface area (Å²) in [6, 6.07) is 9.98. The molecule has 0 bridgehead atoms. The maximum absolute atomic E-state index is 13.1. The highest BCUT2D eigenvalue weighted by molar-refractivity contribution is 7.13. The van der Waals surface area contributed by atoms with Crippen molar-refractivity contribution in [3.05, 3.63) is 64.9 Å². The van der Waals surface area contributed by atoms with E-state index in [-0.39, 0.29) is 11.8 Å². The number of nitrogens with zero attached hydrogens (tertiary/aromatic N) is 1. The number of rotatable bonds is 3. The molecule has 0 fully saturated rings. The van der Waals surface area contributed by atoms with Gasteiger partial charge in [-0.2, -0.15) is 0 Å². The van der Waals surface area contributed by atoms with Gasteiger partial charge in [-0.15, -0.1) is 11.3 Å². The van der Waals surface area contributed by atoms with Gasteiger partial charge in [0.25, 0.3) is 0 Å². The Hall–Kier alpha value is -2.40. The van der Waals surface area contributed by atoms with Crippen molar-refractivity contribution in [1.82, 2.24) is 4.57 Å². The molecule has 3 aromatic rings. The minimum Gasteiger partial charge on any atom is -0.465 e. The average molecular weight is 301 g/mol. The van der Waals surface area contributed by atoms with Crippen LogP contribution in [-0.4, -0.2) is 17.6 Å². The highest BCUT2D eigenvalue weighted by Gasteiger charge is 2.20. The van der Waals surface area contributed by atoms with Gasteiger partial charge >= 0.3 is 5.97 Å². The number of aromatic nitrogens is 1. The summed E-state index contributed by atoms with van der Waals surface area (Å²) < 4.78 is 19.8. The average Bonchev–Trinajstić information content (AvgIpc) is 3.15.